The van der Waals surface area contributed by atoms with E-state index in [9.17, 15) is 4.79 Å². The summed E-state index contributed by atoms with van der Waals surface area (Å²) in [6.07, 6.45) is 5.05. The van der Waals surface area contributed by atoms with Crippen LogP contribution >= 0.6 is 0 Å². The molecule has 3 heteroatoms. The standard InChI is InChI=1S/C11H14N2O/c1-9(8-13(2)3)11(14)10-4-6-12-7-5-10/h4-8H,1-3H3. The van der Waals surface area contributed by atoms with Crippen LogP contribution in [-0.4, -0.2) is 29.8 Å². The molecule has 0 aromatic carbocycles. The van der Waals surface area contributed by atoms with Crippen LogP contribution in [0.4, 0.5) is 0 Å². The minimum Gasteiger partial charge on any atom is -0.383 e. The van der Waals surface area contributed by atoms with Gasteiger partial charge >= 0.3 is 0 Å². The lowest BCUT2D eigenvalue weighted by molar-refractivity contribution is 0.103. The Morgan fingerprint density at radius 2 is 1.93 bits per heavy atom. The van der Waals surface area contributed by atoms with E-state index in [0.717, 1.165) is 5.57 Å². The van der Waals surface area contributed by atoms with Gasteiger partial charge in [0.2, 0.25) is 0 Å². The molecule has 0 aliphatic heterocycles. The molecule has 0 unspecified atom stereocenters. The van der Waals surface area contributed by atoms with Gasteiger partial charge in [0.1, 0.15) is 0 Å². The smallest absolute Gasteiger partial charge is 0.190 e. The Hall–Kier alpha value is -1.64. The highest BCUT2D eigenvalue weighted by atomic mass is 16.1. The van der Waals surface area contributed by atoms with E-state index in [4.69, 9.17) is 0 Å². The van der Waals surface area contributed by atoms with Crippen LogP contribution in [0.2, 0.25) is 0 Å². The molecule has 0 amide bonds. The van der Waals surface area contributed by atoms with Crippen LogP contribution in [-0.2, 0) is 0 Å². The molecule has 0 saturated carbocycles. The summed E-state index contributed by atoms with van der Waals surface area (Å²) in [4.78, 5) is 17.5. The topological polar surface area (TPSA) is 33.2 Å². The van der Waals surface area contributed by atoms with E-state index >= 15 is 0 Å². The summed E-state index contributed by atoms with van der Waals surface area (Å²) in [5, 5.41) is 0. The number of hydrogen-bond donors (Lipinski definition) is 0. The number of allylic oxidation sites excluding steroid dienone is 1. The van der Waals surface area contributed by atoms with Crippen LogP contribution in [0.1, 0.15) is 17.3 Å². The van der Waals surface area contributed by atoms with Gasteiger partial charge in [-0.2, -0.15) is 0 Å². The molecular formula is C11H14N2O. The van der Waals surface area contributed by atoms with Crippen molar-refractivity contribution in [3.8, 4) is 0 Å². The Morgan fingerprint density at radius 1 is 1.36 bits per heavy atom. The van der Waals surface area contributed by atoms with Gasteiger partial charge in [-0.05, 0) is 19.1 Å². The number of carbonyl (C=O) groups is 1. The molecule has 1 aromatic rings. The van der Waals surface area contributed by atoms with Gasteiger partial charge < -0.3 is 4.90 Å². The van der Waals surface area contributed by atoms with E-state index in [-0.39, 0.29) is 5.78 Å². The third kappa shape index (κ3) is 2.69. The molecule has 3 nitrogen and oxygen atoms in total. The van der Waals surface area contributed by atoms with Crippen molar-refractivity contribution in [3.63, 3.8) is 0 Å². The van der Waals surface area contributed by atoms with Crippen LogP contribution in [0, 0.1) is 0 Å². The minimum absolute atomic E-state index is 0.0427. The molecule has 0 N–H and O–H groups in total. The SMILES string of the molecule is CC(=CN(C)C)C(=O)c1ccncc1. The number of pyridine rings is 1. The van der Waals surface area contributed by atoms with E-state index in [1.807, 2.05) is 32.1 Å². The Kier molecular flexibility index (Phi) is 3.40. The van der Waals surface area contributed by atoms with E-state index in [1.165, 1.54) is 0 Å². The highest BCUT2D eigenvalue weighted by Crippen LogP contribution is 2.06. The molecule has 0 aliphatic carbocycles. The van der Waals surface area contributed by atoms with Gasteiger partial charge in [0.15, 0.2) is 5.78 Å². The quantitative estimate of drug-likeness (QED) is 0.537. The molecule has 74 valence electrons. The third-order valence-corrected chi connectivity index (χ3v) is 1.75. The zero-order chi connectivity index (χ0) is 10.6. The Balaban J connectivity index is 2.87. The average Bonchev–Trinajstić information content (AvgIpc) is 2.17. The van der Waals surface area contributed by atoms with Crippen LogP contribution < -0.4 is 0 Å². The maximum atomic E-state index is 11.8. The summed E-state index contributed by atoms with van der Waals surface area (Å²) in [6, 6.07) is 3.44. The molecule has 0 spiro atoms. The predicted octanol–water partition coefficient (Wildman–Crippen LogP) is 1.73. The highest BCUT2D eigenvalue weighted by molar-refractivity contribution is 6.08. The normalized spacial score (nSPS) is 11.2. The Labute approximate surface area is 84.1 Å². The molecule has 1 aromatic heterocycles. The fourth-order valence-electron chi connectivity index (χ4n) is 1.18. The fraction of sp³-hybridized carbons (Fsp3) is 0.273. The Bertz CT molecular complexity index is 342. The molecule has 0 radical (unpaired) electrons. The van der Waals surface area contributed by atoms with E-state index < -0.39 is 0 Å². The Morgan fingerprint density at radius 3 is 2.43 bits per heavy atom. The van der Waals surface area contributed by atoms with E-state index in [1.54, 1.807) is 24.5 Å². The third-order valence-electron chi connectivity index (χ3n) is 1.75. The number of nitrogens with zero attached hydrogens (tertiary/aromatic N) is 2. The summed E-state index contributed by atoms with van der Waals surface area (Å²) in [5.41, 5.74) is 1.40. The maximum Gasteiger partial charge on any atom is 0.190 e. The summed E-state index contributed by atoms with van der Waals surface area (Å²) < 4.78 is 0. The monoisotopic (exact) mass is 190 g/mol. The van der Waals surface area contributed by atoms with Gasteiger partial charge in [-0.25, -0.2) is 0 Å². The first-order valence-corrected chi connectivity index (χ1v) is 4.41. The largest absolute Gasteiger partial charge is 0.383 e. The number of carbonyl (C=O) groups excluding carboxylic acids is 1. The summed E-state index contributed by atoms with van der Waals surface area (Å²) in [5.74, 6) is 0.0427. The summed E-state index contributed by atoms with van der Waals surface area (Å²) >= 11 is 0. The molecule has 14 heavy (non-hydrogen) atoms. The minimum atomic E-state index is 0.0427. The van der Waals surface area contributed by atoms with Gasteiger partial charge in [-0.3, -0.25) is 9.78 Å². The lowest BCUT2D eigenvalue weighted by Crippen LogP contribution is -2.07. The highest BCUT2D eigenvalue weighted by Gasteiger charge is 2.06. The first-order valence-electron chi connectivity index (χ1n) is 4.41. The first-order chi connectivity index (χ1) is 6.61. The molecule has 1 rings (SSSR count). The second-order valence-electron chi connectivity index (χ2n) is 3.34. The second kappa shape index (κ2) is 4.56. The van der Waals surface area contributed by atoms with Crippen molar-refractivity contribution in [3.05, 3.63) is 41.9 Å². The van der Waals surface area contributed by atoms with Crippen LogP contribution in [0.25, 0.3) is 0 Å². The average molecular weight is 190 g/mol. The van der Waals surface area contributed by atoms with Crippen molar-refractivity contribution in [1.29, 1.82) is 0 Å². The van der Waals surface area contributed by atoms with Gasteiger partial charge in [0, 0.05) is 43.8 Å². The van der Waals surface area contributed by atoms with Crippen LogP contribution in [0.5, 0.6) is 0 Å². The zero-order valence-electron chi connectivity index (χ0n) is 8.69. The van der Waals surface area contributed by atoms with Crippen molar-refractivity contribution in [2.45, 2.75) is 6.92 Å². The number of rotatable bonds is 3. The lowest BCUT2D eigenvalue weighted by atomic mass is 10.1. The van der Waals surface area contributed by atoms with Gasteiger partial charge in [0.05, 0.1) is 0 Å². The van der Waals surface area contributed by atoms with Crippen molar-refractivity contribution in [2.24, 2.45) is 0 Å². The van der Waals surface area contributed by atoms with E-state index in [0.29, 0.717) is 5.56 Å². The summed E-state index contributed by atoms with van der Waals surface area (Å²) in [6.45, 7) is 1.81. The van der Waals surface area contributed by atoms with Gasteiger partial charge in [-0.1, -0.05) is 0 Å². The number of ketones is 1. The molecule has 0 fully saturated rings. The molecule has 0 saturated heterocycles. The molecule has 0 atom stereocenters. The number of aromatic nitrogens is 1. The zero-order valence-corrected chi connectivity index (χ0v) is 8.69. The lowest BCUT2D eigenvalue weighted by Gasteiger charge is -2.07. The number of Topliss-reactive ketones (excluding diaryl/α,β-unsaturated/α-hetero) is 1. The maximum absolute atomic E-state index is 11.8. The summed E-state index contributed by atoms with van der Waals surface area (Å²) in [7, 11) is 3.78. The van der Waals surface area contributed by atoms with Crippen molar-refractivity contribution < 1.29 is 4.79 Å². The predicted molar refractivity (Wildman–Crippen MR) is 56.0 cm³/mol. The van der Waals surface area contributed by atoms with Crippen LogP contribution in [0.15, 0.2) is 36.3 Å². The van der Waals surface area contributed by atoms with Gasteiger partial charge in [-0.15, -0.1) is 0 Å². The number of hydrogen-bond acceptors (Lipinski definition) is 3. The molecule has 0 bridgehead atoms. The molecular weight excluding hydrogens is 176 g/mol. The van der Waals surface area contributed by atoms with Crippen molar-refractivity contribution >= 4 is 5.78 Å². The van der Waals surface area contributed by atoms with Gasteiger partial charge in [0.25, 0.3) is 0 Å². The van der Waals surface area contributed by atoms with Crippen molar-refractivity contribution in [1.82, 2.24) is 9.88 Å². The molecule has 1 heterocycles. The first kappa shape index (κ1) is 10.4. The van der Waals surface area contributed by atoms with E-state index in [2.05, 4.69) is 4.98 Å². The fourth-order valence-corrected chi connectivity index (χ4v) is 1.18. The molecule has 0 aliphatic rings. The van der Waals surface area contributed by atoms with Crippen molar-refractivity contribution in [2.75, 3.05) is 14.1 Å². The van der Waals surface area contributed by atoms with Crippen LogP contribution in [0.3, 0.4) is 0 Å². The second-order valence-corrected chi connectivity index (χ2v) is 3.34.